The van der Waals surface area contributed by atoms with Gasteiger partial charge >= 0.3 is 11.9 Å². The molecule has 1 aromatic carbocycles. The Morgan fingerprint density at radius 1 is 1.21 bits per heavy atom. The number of carboxylic acids is 1. The average molecular weight is 479 g/mol. The quantitative estimate of drug-likeness (QED) is 0.341. The molecular weight excluding hydrogens is 448 g/mol. The number of likely N-dealkylation sites (tertiary alicyclic amines) is 1. The molecule has 0 bridgehead atoms. The minimum absolute atomic E-state index is 0.0241. The Kier molecular flexibility index (Phi) is 9.77. The number of ether oxygens (including phenoxy) is 1. The molecule has 33 heavy (non-hydrogen) atoms. The Morgan fingerprint density at radius 2 is 1.88 bits per heavy atom. The highest BCUT2D eigenvalue weighted by molar-refractivity contribution is 7.88. The van der Waals surface area contributed by atoms with Crippen molar-refractivity contribution in [3.8, 4) is 0 Å². The summed E-state index contributed by atoms with van der Waals surface area (Å²) in [6, 6.07) is 5.85. The van der Waals surface area contributed by atoms with E-state index in [9.17, 15) is 23.4 Å². The second-order valence-electron chi connectivity index (χ2n) is 7.65. The zero-order valence-corrected chi connectivity index (χ0v) is 19.9. The molecule has 2 amide bonds. The number of carbonyl (C=O) groups is 4. The van der Waals surface area contributed by atoms with Crippen molar-refractivity contribution in [3.63, 3.8) is 0 Å². The van der Waals surface area contributed by atoms with Gasteiger partial charge < -0.3 is 20.1 Å². The molecule has 0 spiro atoms. The fourth-order valence-corrected chi connectivity index (χ4v) is 4.79. The van der Waals surface area contributed by atoms with E-state index >= 15 is 0 Å². The van der Waals surface area contributed by atoms with Gasteiger partial charge in [0.1, 0.15) is 12.6 Å². The van der Waals surface area contributed by atoms with E-state index in [0.29, 0.717) is 5.57 Å². The first kappa shape index (κ1) is 26.2. The van der Waals surface area contributed by atoms with Crippen LogP contribution in [-0.2, 0) is 47.6 Å². The summed E-state index contributed by atoms with van der Waals surface area (Å²) < 4.78 is 17.2. The lowest BCUT2D eigenvalue weighted by Crippen LogP contribution is -2.71. The molecule has 0 radical (unpaired) electrons. The van der Waals surface area contributed by atoms with Gasteiger partial charge in [-0.1, -0.05) is 31.2 Å². The van der Waals surface area contributed by atoms with Gasteiger partial charge in [0.25, 0.3) is 0 Å². The molecule has 2 rings (SSSR count). The second kappa shape index (κ2) is 12.3. The molecule has 180 valence electrons. The third kappa shape index (κ3) is 7.24. The van der Waals surface area contributed by atoms with Crippen molar-refractivity contribution in [2.24, 2.45) is 0 Å². The largest absolute Gasteiger partial charge is 0.480 e. The summed E-state index contributed by atoms with van der Waals surface area (Å²) in [5.41, 5.74) is 2.37. The number of aliphatic carboxylic acids is 1. The van der Waals surface area contributed by atoms with E-state index in [1.807, 2.05) is 31.2 Å². The van der Waals surface area contributed by atoms with Gasteiger partial charge in [0.15, 0.2) is 0 Å². The predicted octanol–water partition coefficient (Wildman–Crippen LogP) is 1.18. The Hall–Kier alpha value is -3.01. The number of benzene rings is 1. The van der Waals surface area contributed by atoms with Crippen LogP contribution in [0.3, 0.4) is 0 Å². The van der Waals surface area contributed by atoms with Gasteiger partial charge in [0.05, 0.1) is 25.5 Å². The zero-order valence-electron chi connectivity index (χ0n) is 19.0. The van der Waals surface area contributed by atoms with Gasteiger partial charge in [0, 0.05) is 22.0 Å². The number of aryl methyl sites for hydroxylation is 1. The number of carboxylic acid groups (broad SMARTS) is 1. The van der Waals surface area contributed by atoms with E-state index in [-0.39, 0.29) is 31.1 Å². The van der Waals surface area contributed by atoms with Crippen molar-refractivity contribution in [1.82, 2.24) is 10.2 Å². The maximum Gasteiger partial charge on any atom is 0.323 e. The second-order valence-corrected chi connectivity index (χ2v) is 9.06. The normalized spacial score (nSPS) is 18.9. The van der Waals surface area contributed by atoms with Crippen LogP contribution in [0.5, 0.6) is 0 Å². The fourth-order valence-electron chi connectivity index (χ4n) is 3.75. The summed E-state index contributed by atoms with van der Waals surface area (Å²) in [6.45, 7) is 4.99. The number of β-lactam (4-membered cyclic amide) rings is 1. The van der Waals surface area contributed by atoms with Crippen molar-refractivity contribution in [3.05, 3.63) is 46.4 Å². The van der Waals surface area contributed by atoms with E-state index in [0.717, 1.165) is 22.4 Å². The third-order valence-corrected chi connectivity index (χ3v) is 6.51. The lowest BCUT2D eigenvalue weighted by Gasteiger charge is -2.47. The molecule has 1 aliphatic heterocycles. The number of carbonyl (C=O) groups excluding carboxylic acids is 3. The molecule has 3 atom stereocenters. The van der Waals surface area contributed by atoms with Crippen LogP contribution < -0.4 is 5.32 Å². The van der Waals surface area contributed by atoms with Crippen LogP contribution in [0.15, 0.2) is 35.2 Å². The van der Waals surface area contributed by atoms with Crippen LogP contribution in [0, 0.1) is 0 Å². The van der Waals surface area contributed by atoms with Gasteiger partial charge in [0.2, 0.25) is 11.8 Å². The molecule has 1 fully saturated rings. The van der Waals surface area contributed by atoms with E-state index in [1.54, 1.807) is 13.8 Å². The van der Waals surface area contributed by atoms with Crippen molar-refractivity contribution in [2.45, 2.75) is 52.1 Å². The van der Waals surface area contributed by atoms with Crippen molar-refractivity contribution in [1.29, 1.82) is 0 Å². The Morgan fingerprint density at radius 3 is 2.48 bits per heavy atom. The Balaban J connectivity index is 2.11. The van der Waals surface area contributed by atoms with Gasteiger partial charge in [-0.25, -0.2) is 0 Å². The van der Waals surface area contributed by atoms with Crippen molar-refractivity contribution in [2.75, 3.05) is 18.9 Å². The van der Waals surface area contributed by atoms with Gasteiger partial charge in [-0.05, 0) is 37.0 Å². The zero-order chi connectivity index (χ0) is 24.5. The maximum absolute atomic E-state index is 12.7. The Labute approximate surface area is 195 Å². The predicted molar refractivity (Wildman–Crippen MR) is 123 cm³/mol. The van der Waals surface area contributed by atoms with Crippen LogP contribution in [0.2, 0.25) is 0 Å². The number of hydrogen-bond acceptors (Lipinski definition) is 6. The van der Waals surface area contributed by atoms with E-state index < -0.39 is 47.3 Å². The first-order chi connectivity index (χ1) is 15.7. The lowest BCUT2D eigenvalue weighted by molar-refractivity contribution is -0.157. The molecule has 1 aliphatic rings. The molecule has 9 nitrogen and oxygen atoms in total. The standard InChI is InChI=1S/C23H30N2O7S/c1-4-16-8-6-7-9-17(16)12-18(26)24-21-22(25(23(21)30)13-19(27)28)15(3)14-33(31)11-10-20(29)32-5-2/h6-9,14,21-22H,4-5,10-13H2,1-3H3,(H,24,26)(H,27,28). The molecule has 1 aromatic rings. The summed E-state index contributed by atoms with van der Waals surface area (Å²) in [5.74, 6) is -2.47. The highest BCUT2D eigenvalue weighted by atomic mass is 32.2. The molecule has 1 saturated heterocycles. The van der Waals surface area contributed by atoms with Crippen LogP contribution in [0.4, 0.5) is 0 Å². The van der Waals surface area contributed by atoms with E-state index in [2.05, 4.69) is 5.32 Å². The molecule has 0 saturated carbocycles. The topological polar surface area (TPSA) is 130 Å². The summed E-state index contributed by atoms with van der Waals surface area (Å²) in [6.07, 6.45) is 0.831. The maximum atomic E-state index is 12.7. The molecule has 3 unspecified atom stereocenters. The molecule has 0 aliphatic carbocycles. The highest BCUT2D eigenvalue weighted by Crippen LogP contribution is 2.27. The minimum atomic E-state index is -1.53. The average Bonchev–Trinajstić information content (AvgIpc) is 2.76. The summed E-state index contributed by atoms with van der Waals surface area (Å²) >= 11 is 0. The number of nitrogens with one attached hydrogen (secondary N) is 1. The SMILES string of the molecule is CCOC(=O)CCS(=O)C=C(C)C1C(NC(=O)Cc2ccccc2CC)C(=O)N1CC(=O)O. The lowest BCUT2D eigenvalue weighted by atomic mass is 9.89. The van der Waals surface area contributed by atoms with Crippen molar-refractivity contribution >= 4 is 34.6 Å². The molecule has 10 heteroatoms. The summed E-state index contributed by atoms with van der Waals surface area (Å²) in [7, 11) is -1.53. The number of hydrogen-bond donors (Lipinski definition) is 2. The molecule has 1 heterocycles. The number of amides is 2. The first-order valence-corrected chi connectivity index (χ1v) is 12.2. The first-order valence-electron chi connectivity index (χ1n) is 10.8. The van der Waals surface area contributed by atoms with Crippen LogP contribution in [0.25, 0.3) is 0 Å². The minimum Gasteiger partial charge on any atom is -0.480 e. The third-order valence-electron chi connectivity index (χ3n) is 5.27. The highest BCUT2D eigenvalue weighted by Gasteiger charge is 2.49. The van der Waals surface area contributed by atoms with E-state index in [4.69, 9.17) is 9.84 Å². The number of esters is 1. The number of nitrogens with zero attached hydrogens (tertiary/aromatic N) is 1. The van der Waals surface area contributed by atoms with Gasteiger partial charge in [-0.15, -0.1) is 0 Å². The molecular formula is C23H30N2O7S. The van der Waals surface area contributed by atoms with Crippen LogP contribution in [-0.4, -0.2) is 69.0 Å². The summed E-state index contributed by atoms with van der Waals surface area (Å²) in [5, 5.41) is 13.3. The Bertz CT molecular complexity index is 960. The van der Waals surface area contributed by atoms with Crippen LogP contribution >= 0.6 is 0 Å². The monoisotopic (exact) mass is 478 g/mol. The van der Waals surface area contributed by atoms with Gasteiger partial charge in [-0.3, -0.25) is 23.4 Å². The smallest absolute Gasteiger partial charge is 0.323 e. The number of rotatable bonds is 12. The molecule has 2 N–H and O–H groups in total. The van der Waals surface area contributed by atoms with E-state index in [1.165, 1.54) is 5.41 Å². The molecule has 0 aromatic heterocycles. The van der Waals surface area contributed by atoms with Crippen LogP contribution in [0.1, 0.15) is 38.3 Å². The fraction of sp³-hybridized carbons (Fsp3) is 0.478. The van der Waals surface area contributed by atoms with Gasteiger partial charge in [-0.2, -0.15) is 0 Å². The summed E-state index contributed by atoms with van der Waals surface area (Å²) in [4.78, 5) is 49.0. The van der Waals surface area contributed by atoms with Crippen molar-refractivity contribution < 1.29 is 33.2 Å².